The van der Waals surface area contributed by atoms with Crippen LogP contribution in [0.3, 0.4) is 0 Å². The van der Waals surface area contributed by atoms with Crippen molar-refractivity contribution in [3.63, 3.8) is 0 Å². The molecule has 1 aromatic carbocycles. The van der Waals surface area contributed by atoms with Crippen molar-refractivity contribution < 1.29 is 19.1 Å². The summed E-state index contributed by atoms with van der Waals surface area (Å²) in [7, 11) is 0. The molecule has 0 amide bonds. The van der Waals surface area contributed by atoms with E-state index in [1.807, 2.05) is 0 Å². The largest absolute Gasteiger partial charge is 0.462 e. The highest BCUT2D eigenvalue weighted by Crippen LogP contribution is 2.38. The van der Waals surface area contributed by atoms with E-state index in [-0.39, 0.29) is 24.9 Å². The van der Waals surface area contributed by atoms with Crippen LogP contribution in [0.5, 0.6) is 5.75 Å². The quantitative estimate of drug-likeness (QED) is 0.532. The topological polar surface area (TPSA) is 52.6 Å². The van der Waals surface area contributed by atoms with Gasteiger partial charge in [0.2, 0.25) is 0 Å². The monoisotopic (exact) mass is 366 g/mol. The van der Waals surface area contributed by atoms with Gasteiger partial charge < -0.3 is 9.47 Å². The van der Waals surface area contributed by atoms with E-state index >= 15 is 0 Å². The molecular formula is C20H27ClO4. The number of esters is 2. The molecule has 5 heteroatoms. The van der Waals surface area contributed by atoms with Crippen molar-refractivity contribution in [1.82, 2.24) is 0 Å². The lowest BCUT2D eigenvalue weighted by Crippen LogP contribution is -2.30. The first-order valence-electron chi connectivity index (χ1n) is 8.90. The van der Waals surface area contributed by atoms with Gasteiger partial charge in [-0.25, -0.2) is 0 Å². The molecule has 0 unspecified atom stereocenters. The minimum atomic E-state index is -0.462. The Morgan fingerprint density at radius 1 is 1.08 bits per heavy atom. The van der Waals surface area contributed by atoms with Crippen molar-refractivity contribution in [2.24, 2.45) is 11.3 Å². The Morgan fingerprint density at radius 3 is 2.32 bits per heavy atom. The summed E-state index contributed by atoms with van der Waals surface area (Å²) in [6, 6.07) is 6.61. The second kappa shape index (κ2) is 8.70. The maximum absolute atomic E-state index is 11.9. The second-order valence-electron chi connectivity index (χ2n) is 7.76. The molecule has 1 aromatic rings. The van der Waals surface area contributed by atoms with Crippen LogP contribution in [0, 0.1) is 11.3 Å². The van der Waals surface area contributed by atoms with Gasteiger partial charge in [-0.3, -0.25) is 9.59 Å². The lowest BCUT2D eigenvalue weighted by atomic mass is 9.72. The second-order valence-corrected chi connectivity index (χ2v) is 8.20. The van der Waals surface area contributed by atoms with E-state index in [0.29, 0.717) is 22.1 Å². The molecule has 1 saturated carbocycles. The molecule has 0 bridgehead atoms. The lowest BCUT2D eigenvalue weighted by molar-refractivity contribution is -0.153. The van der Waals surface area contributed by atoms with Crippen LogP contribution in [0.4, 0.5) is 0 Å². The Morgan fingerprint density at radius 2 is 1.72 bits per heavy atom. The number of benzene rings is 1. The van der Waals surface area contributed by atoms with Crippen LogP contribution in [0.25, 0.3) is 0 Å². The number of carbonyl (C=O) groups is 2. The van der Waals surface area contributed by atoms with Crippen molar-refractivity contribution in [2.75, 3.05) is 0 Å². The minimum Gasteiger partial charge on any atom is -0.462 e. The van der Waals surface area contributed by atoms with E-state index in [0.717, 1.165) is 25.7 Å². The Labute approximate surface area is 154 Å². The average molecular weight is 367 g/mol. The maximum atomic E-state index is 11.9. The molecule has 0 spiro atoms. The maximum Gasteiger partial charge on any atom is 0.311 e. The van der Waals surface area contributed by atoms with E-state index in [9.17, 15) is 9.59 Å². The summed E-state index contributed by atoms with van der Waals surface area (Å²) in [5, 5.41) is 0.496. The number of carbonyl (C=O) groups excluding carboxylic acids is 2. The summed E-state index contributed by atoms with van der Waals surface area (Å²) < 4.78 is 10.7. The van der Waals surface area contributed by atoms with Crippen molar-refractivity contribution in [3.05, 3.63) is 29.3 Å². The summed E-state index contributed by atoms with van der Waals surface area (Å²) in [4.78, 5) is 23.8. The molecular weight excluding hydrogens is 340 g/mol. The zero-order valence-electron chi connectivity index (χ0n) is 15.2. The Balaban J connectivity index is 1.68. The van der Waals surface area contributed by atoms with Gasteiger partial charge >= 0.3 is 11.9 Å². The van der Waals surface area contributed by atoms with E-state index in [1.165, 1.54) is 0 Å². The molecule has 1 aliphatic rings. The van der Waals surface area contributed by atoms with Crippen molar-refractivity contribution >= 4 is 23.5 Å². The molecule has 4 nitrogen and oxygen atoms in total. The van der Waals surface area contributed by atoms with Crippen LogP contribution < -0.4 is 4.74 Å². The third kappa shape index (κ3) is 6.69. The fraction of sp³-hybridized carbons (Fsp3) is 0.600. The summed E-state index contributed by atoms with van der Waals surface area (Å²) in [5.74, 6) is 0.263. The highest BCUT2D eigenvalue weighted by molar-refractivity contribution is 6.30. The van der Waals surface area contributed by atoms with Crippen LogP contribution in [0.15, 0.2) is 24.3 Å². The highest BCUT2D eigenvalue weighted by atomic mass is 35.5. The lowest BCUT2D eigenvalue weighted by Gasteiger charge is -2.36. The number of halogens is 1. The first-order chi connectivity index (χ1) is 11.7. The SMILES string of the molecule is CC(C)(C)C1CCC(OC(=O)CCC(=O)Oc2cccc(Cl)c2)CC1. The molecule has 2 rings (SSSR count). The van der Waals surface area contributed by atoms with Gasteiger partial charge in [0, 0.05) is 5.02 Å². The Bertz CT molecular complexity index is 598. The van der Waals surface area contributed by atoms with Crippen LogP contribution in [0.2, 0.25) is 5.02 Å². The van der Waals surface area contributed by atoms with E-state index < -0.39 is 5.97 Å². The van der Waals surface area contributed by atoms with Gasteiger partial charge in [0.05, 0.1) is 12.8 Å². The number of rotatable bonds is 5. The van der Waals surface area contributed by atoms with Crippen molar-refractivity contribution in [1.29, 1.82) is 0 Å². The normalized spacial score (nSPS) is 20.8. The van der Waals surface area contributed by atoms with E-state index in [4.69, 9.17) is 21.1 Å². The number of ether oxygens (including phenoxy) is 2. The molecule has 0 saturated heterocycles. The van der Waals surface area contributed by atoms with Gasteiger partial charge in [0.1, 0.15) is 11.9 Å². The summed E-state index contributed by atoms with van der Waals surface area (Å²) in [6.07, 6.45) is 3.99. The fourth-order valence-electron chi connectivity index (χ4n) is 3.21. The van der Waals surface area contributed by atoms with Gasteiger partial charge in [-0.15, -0.1) is 0 Å². The predicted molar refractivity (Wildman–Crippen MR) is 97.6 cm³/mol. The Kier molecular flexibility index (Phi) is 6.88. The van der Waals surface area contributed by atoms with Crippen LogP contribution in [0.1, 0.15) is 59.3 Å². The van der Waals surface area contributed by atoms with Gasteiger partial charge in [0.25, 0.3) is 0 Å². The highest BCUT2D eigenvalue weighted by Gasteiger charge is 2.31. The van der Waals surface area contributed by atoms with Gasteiger partial charge in [-0.2, -0.15) is 0 Å². The first kappa shape index (κ1) is 19.8. The summed E-state index contributed by atoms with van der Waals surface area (Å²) >= 11 is 5.84. The molecule has 1 fully saturated rings. The van der Waals surface area contributed by atoms with E-state index in [2.05, 4.69) is 20.8 Å². The molecule has 0 aliphatic heterocycles. The smallest absolute Gasteiger partial charge is 0.311 e. The molecule has 0 atom stereocenters. The van der Waals surface area contributed by atoms with Crippen molar-refractivity contribution in [2.45, 2.75) is 65.4 Å². The zero-order valence-corrected chi connectivity index (χ0v) is 16.0. The molecule has 25 heavy (non-hydrogen) atoms. The molecule has 0 radical (unpaired) electrons. The summed E-state index contributed by atoms with van der Waals surface area (Å²) in [6.45, 7) is 6.78. The van der Waals surface area contributed by atoms with Crippen LogP contribution in [-0.2, 0) is 14.3 Å². The third-order valence-electron chi connectivity index (χ3n) is 4.76. The molecule has 0 aromatic heterocycles. The standard InChI is InChI=1S/C20H27ClO4/c1-20(2,3)14-7-9-16(10-8-14)24-18(22)11-12-19(23)25-17-6-4-5-15(21)13-17/h4-6,13-14,16H,7-12H2,1-3H3. The summed E-state index contributed by atoms with van der Waals surface area (Å²) in [5.41, 5.74) is 0.305. The van der Waals surface area contributed by atoms with E-state index in [1.54, 1.807) is 24.3 Å². The number of hydrogen-bond donors (Lipinski definition) is 0. The van der Waals surface area contributed by atoms with Gasteiger partial charge in [-0.05, 0) is 55.2 Å². The first-order valence-corrected chi connectivity index (χ1v) is 9.27. The van der Waals surface area contributed by atoms with Crippen LogP contribution in [-0.4, -0.2) is 18.0 Å². The molecule has 1 aliphatic carbocycles. The number of hydrogen-bond acceptors (Lipinski definition) is 4. The minimum absolute atomic E-state index is 0.00266. The predicted octanol–water partition coefficient (Wildman–Crippen LogP) is 5.17. The van der Waals surface area contributed by atoms with Crippen molar-refractivity contribution in [3.8, 4) is 5.75 Å². The molecule has 0 N–H and O–H groups in total. The molecule has 0 heterocycles. The van der Waals surface area contributed by atoms with Crippen LogP contribution >= 0.6 is 11.6 Å². The third-order valence-corrected chi connectivity index (χ3v) is 4.99. The van der Waals surface area contributed by atoms with Gasteiger partial charge in [0.15, 0.2) is 0 Å². The fourth-order valence-corrected chi connectivity index (χ4v) is 3.39. The average Bonchev–Trinajstić information content (AvgIpc) is 2.53. The zero-order chi connectivity index (χ0) is 18.4. The molecule has 138 valence electrons. The van der Waals surface area contributed by atoms with Gasteiger partial charge in [-0.1, -0.05) is 38.4 Å². The Hall–Kier alpha value is -1.55.